The molecule has 0 bridgehead atoms. The summed E-state index contributed by atoms with van der Waals surface area (Å²) in [5, 5.41) is 11.4. The average Bonchev–Trinajstić information content (AvgIpc) is 3.02. The normalized spacial score (nSPS) is 12.2. The number of nitrogens with two attached hydrogens (primary N) is 1. The topological polar surface area (TPSA) is 112 Å². The van der Waals surface area contributed by atoms with Gasteiger partial charge in [-0.25, -0.2) is 4.79 Å². The largest absolute Gasteiger partial charge is 0.385 e. The van der Waals surface area contributed by atoms with E-state index in [-0.39, 0.29) is 5.92 Å². The fourth-order valence-electron chi connectivity index (χ4n) is 2.56. The summed E-state index contributed by atoms with van der Waals surface area (Å²) >= 11 is 7.23. The van der Waals surface area contributed by atoms with Crippen LogP contribution in [0, 0.1) is 5.92 Å². The van der Waals surface area contributed by atoms with Crippen molar-refractivity contribution in [3.63, 3.8) is 0 Å². The van der Waals surface area contributed by atoms with Crippen molar-refractivity contribution in [3.8, 4) is 11.4 Å². The van der Waals surface area contributed by atoms with Gasteiger partial charge < -0.3 is 15.0 Å². The first-order chi connectivity index (χ1) is 13.3. The zero-order valence-electron chi connectivity index (χ0n) is 16.0. The number of ether oxygens (including phenoxy) is 1. The van der Waals surface area contributed by atoms with Gasteiger partial charge in [-0.2, -0.15) is 0 Å². The van der Waals surface area contributed by atoms with Crippen molar-refractivity contribution in [2.45, 2.75) is 37.2 Å². The molecule has 0 unspecified atom stereocenters. The molecule has 0 radical (unpaired) electrons. The van der Waals surface area contributed by atoms with Crippen LogP contribution in [0.1, 0.15) is 20.3 Å². The number of aromatic nitrogens is 3. The van der Waals surface area contributed by atoms with Crippen LogP contribution in [0.3, 0.4) is 0 Å². The molecule has 3 amide bonds. The molecule has 1 atom stereocenters. The van der Waals surface area contributed by atoms with E-state index in [4.69, 9.17) is 22.1 Å². The Balaban J connectivity index is 2.34. The second kappa shape index (κ2) is 10.4. The standard InChI is InChI=1S/C18H24ClN5O3S/c1-11(2)14(16(25)21-17(20)26)28-18-23-22-15(24(18)9-4-10-27-3)12-5-7-13(19)8-6-12/h5-8,11,14H,4,9-10H2,1-3H3,(H3,20,21,25,26)/t14-/m0/s1. The van der Waals surface area contributed by atoms with E-state index < -0.39 is 17.2 Å². The summed E-state index contributed by atoms with van der Waals surface area (Å²) in [5.41, 5.74) is 5.95. The average molecular weight is 426 g/mol. The van der Waals surface area contributed by atoms with Gasteiger partial charge in [0.2, 0.25) is 5.91 Å². The molecule has 2 rings (SSSR count). The third kappa shape index (κ3) is 5.95. The molecule has 0 aliphatic carbocycles. The van der Waals surface area contributed by atoms with Gasteiger partial charge in [0.1, 0.15) is 0 Å². The number of urea groups is 1. The van der Waals surface area contributed by atoms with Gasteiger partial charge in [0.05, 0.1) is 5.25 Å². The molecule has 152 valence electrons. The fourth-order valence-corrected chi connectivity index (χ4v) is 3.74. The third-order valence-electron chi connectivity index (χ3n) is 3.89. The van der Waals surface area contributed by atoms with Crippen LogP contribution in [0.4, 0.5) is 4.79 Å². The van der Waals surface area contributed by atoms with E-state index in [2.05, 4.69) is 15.5 Å². The number of carbonyl (C=O) groups excluding carboxylic acids is 2. The maximum absolute atomic E-state index is 12.4. The number of nitrogens with zero attached hydrogens (tertiary/aromatic N) is 3. The molecule has 1 heterocycles. The summed E-state index contributed by atoms with van der Waals surface area (Å²) in [5.74, 6) is 0.174. The van der Waals surface area contributed by atoms with Crippen molar-refractivity contribution >= 4 is 35.3 Å². The lowest BCUT2D eigenvalue weighted by Crippen LogP contribution is -2.42. The van der Waals surface area contributed by atoms with Crippen LogP contribution in [-0.2, 0) is 16.1 Å². The highest BCUT2D eigenvalue weighted by molar-refractivity contribution is 8.00. The zero-order valence-corrected chi connectivity index (χ0v) is 17.6. The van der Waals surface area contributed by atoms with E-state index in [0.29, 0.717) is 29.2 Å². The van der Waals surface area contributed by atoms with E-state index >= 15 is 0 Å². The molecule has 0 fully saturated rings. The second-order valence-electron chi connectivity index (χ2n) is 6.45. The number of hydrogen-bond donors (Lipinski definition) is 2. The molecular formula is C18H24ClN5O3S. The van der Waals surface area contributed by atoms with Gasteiger partial charge >= 0.3 is 6.03 Å². The van der Waals surface area contributed by atoms with Gasteiger partial charge in [0.15, 0.2) is 11.0 Å². The van der Waals surface area contributed by atoms with Crippen LogP contribution in [-0.4, -0.2) is 45.7 Å². The molecule has 0 aliphatic heterocycles. The number of hydrogen-bond acceptors (Lipinski definition) is 6. The Labute approximate surface area is 173 Å². The number of primary amides is 1. The molecule has 0 spiro atoms. The van der Waals surface area contributed by atoms with Crippen LogP contribution in [0.2, 0.25) is 5.02 Å². The number of benzene rings is 1. The van der Waals surface area contributed by atoms with Crippen LogP contribution in [0.15, 0.2) is 29.4 Å². The summed E-state index contributed by atoms with van der Waals surface area (Å²) in [6.07, 6.45) is 0.752. The smallest absolute Gasteiger partial charge is 0.318 e. The van der Waals surface area contributed by atoms with Gasteiger partial charge in [0, 0.05) is 30.8 Å². The van der Waals surface area contributed by atoms with Crippen molar-refractivity contribution in [3.05, 3.63) is 29.3 Å². The van der Waals surface area contributed by atoms with Gasteiger partial charge in [-0.1, -0.05) is 37.2 Å². The predicted octanol–water partition coefficient (Wildman–Crippen LogP) is 2.95. The predicted molar refractivity (Wildman–Crippen MR) is 109 cm³/mol. The number of halogens is 1. The van der Waals surface area contributed by atoms with Crippen molar-refractivity contribution in [1.29, 1.82) is 0 Å². The molecule has 3 N–H and O–H groups in total. The Hall–Kier alpha value is -2.10. The van der Waals surface area contributed by atoms with E-state index in [0.717, 1.165) is 12.0 Å². The number of rotatable bonds is 9. The summed E-state index contributed by atoms with van der Waals surface area (Å²) in [7, 11) is 1.64. The molecule has 10 heteroatoms. The highest BCUT2D eigenvalue weighted by atomic mass is 35.5. The summed E-state index contributed by atoms with van der Waals surface area (Å²) in [6.45, 7) is 4.98. The monoisotopic (exact) mass is 425 g/mol. The number of imide groups is 1. The summed E-state index contributed by atoms with van der Waals surface area (Å²) in [6, 6.07) is 6.44. The van der Waals surface area contributed by atoms with E-state index in [1.165, 1.54) is 11.8 Å². The van der Waals surface area contributed by atoms with Crippen molar-refractivity contribution < 1.29 is 14.3 Å². The van der Waals surface area contributed by atoms with Gasteiger partial charge in [-0.15, -0.1) is 10.2 Å². The van der Waals surface area contributed by atoms with Crippen molar-refractivity contribution in [1.82, 2.24) is 20.1 Å². The minimum atomic E-state index is -0.875. The zero-order chi connectivity index (χ0) is 20.7. The lowest BCUT2D eigenvalue weighted by Gasteiger charge is -2.19. The first kappa shape index (κ1) is 22.2. The molecule has 0 saturated heterocycles. The van der Waals surface area contributed by atoms with Crippen LogP contribution in [0.5, 0.6) is 0 Å². The summed E-state index contributed by atoms with van der Waals surface area (Å²) in [4.78, 5) is 23.4. The first-order valence-electron chi connectivity index (χ1n) is 8.78. The first-order valence-corrected chi connectivity index (χ1v) is 10.0. The maximum atomic E-state index is 12.4. The number of amides is 3. The molecule has 1 aromatic carbocycles. The highest BCUT2D eigenvalue weighted by Gasteiger charge is 2.27. The van der Waals surface area contributed by atoms with Crippen LogP contribution >= 0.6 is 23.4 Å². The Kier molecular flexibility index (Phi) is 8.28. The lowest BCUT2D eigenvalue weighted by atomic mass is 10.1. The molecule has 1 aromatic heterocycles. The Morgan fingerprint density at radius 3 is 2.54 bits per heavy atom. The van der Waals surface area contributed by atoms with Crippen molar-refractivity contribution in [2.75, 3.05) is 13.7 Å². The van der Waals surface area contributed by atoms with Crippen LogP contribution < -0.4 is 11.1 Å². The third-order valence-corrected chi connectivity index (χ3v) is 5.67. The fraction of sp³-hybridized carbons (Fsp3) is 0.444. The Morgan fingerprint density at radius 1 is 1.29 bits per heavy atom. The van der Waals surface area contributed by atoms with Gasteiger partial charge in [-0.3, -0.25) is 10.1 Å². The molecular weight excluding hydrogens is 402 g/mol. The number of methoxy groups -OCH3 is 1. The van der Waals surface area contributed by atoms with E-state index in [9.17, 15) is 9.59 Å². The quantitative estimate of drug-likeness (QED) is 0.471. The number of nitrogens with one attached hydrogen (secondary N) is 1. The Bertz CT molecular complexity index is 810. The molecule has 28 heavy (non-hydrogen) atoms. The van der Waals surface area contributed by atoms with Crippen molar-refractivity contribution in [2.24, 2.45) is 11.7 Å². The Morgan fingerprint density at radius 2 is 1.96 bits per heavy atom. The number of carbonyl (C=O) groups is 2. The minimum absolute atomic E-state index is 0.0487. The van der Waals surface area contributed by atoms with E-state index in [1.807, 2.05) is 30.5 Å². The minimum Gasteiger partial charge on any atom is -0.385 e. The van der Waals surface area contributed by atoms with E-state index in [1.54, 1.807) is 19.2 Å². The molecule has 8 nitrogen and oxygen atoms in total. The maximum Gasteiger partial charge on any atom is 0.318 e. The highest BCUT2D eigenvalue weighted by Crippen LogP contribution is 2.31. The second-order valence-corrected chi connectivity index (χ2v) is 7.99. The van der Waals surface area contributed by atoms with Gasteiger partial charge in [0.25, 0.3) is 0 Å². The summed E-state index contributed by atoms with van der Waals surface area (Å²) < 4.78 is 7.09. The van der Waals surface area contributed by atoms with Crippen LogP contribution in [0.25, 0.3) is 11.4 Å². The molecule has 2 aromatic rings. The molecule has 0 aliphatic rings. The lowest BCUT2D eigenvalue weighted by molar-refractivity contribution is -0.120. The van der Waals surface area contributed by atoms with Gasteiger partial charge in [-0.05, 0) is 36.6 Å². The SMILES string of the molecule is COCCCn1c(S[C@H](C(=O)NC(N)=O)C(C)C)nnc1-c1ccc(Cl)cc1. The number of thioether (sulfide) groups is 1. The molecule has 0 saturated carbocycles.